The third-order valence-electron chi connectivity index (χ3n) is 5.67. The van der Waals surface area contributed by atoms with E-state index >= 15 is 0 Å². The Labute approximate surface area is 183 Å². The van der Waals surface area contributed by atoms with Crippen LogP contribution in [0, 0.1) is 5.41 Å². The molecule has 1 spiro atoms. The Bertz CT molecular complexity index is 831. The van der Waals surface area contributed by atoms with Crippen LogP contribution in [-0.2, 0) is 22.5 Å². The van der Waals surface area contributed by atoms with Gasteiger partial charge in [0.05, 0.1) is 7.11 Å². The van der Waals surface area contributed by atoms with E-state index < -0.39 is 21.7 Å². The van der Waals surface area contributed by atoms with Crippen LogP contribution in [0.1, 0.15) is 65.5 Å². The maximum atomic E-state index is 12.9. The first-order chi connectivity index (χ1) is 13.8. The standard InChI is InChI=1S/C23H34N2O4S/c1-21(2,3)29-20(26)25-12-10-23(11-13-25)15-16-14-17(28-7)8-9-18(16)19(23)24-30(27)22(4,5)6/h8-9,14H,10-13,15H2,1-7H3. The van der Waals surface area contributed by atoms with Gasteiger partial charge < -0.3 is 18.9 Å². The molecular formula is C23H34N2O4S. The van der Waals surface area contributed by atoms with Crippen LogP contribution in [0.5, 0.6) is 5.75 Å². The molecule has 0 N–H and O–H groups in total. The third-order valence-corrected chi connectivity index (χ3v) is 7.07. The quantitative estimate of drug-likeness (QED) is 0.642. The van der Waals surface area contributed by atoms with Crippen molar-refractivity contribution >= 4 is 23.2 Å². The van der Waals surface area contributed by atoms with Crippen molar-refractivity contribution in [3.05, 3.63) is 29.3 Å². The van der Waals surface area contributed by atoms with Gasteiger partial charge in [0, 0.05) is 24.1 Å². The summed E-state index contributed by atoms with van der Waals surface area (Å²) in [5, 5.41) is 0. The second-order valence-corrected chi connectivity index (χ2v) is 12.2. The molecule has 1 aliphatic carbocycles. The van der Waals surface area contributed by atoms with Crippen LogP contribution in [0.4, 0.5) is 4.79 Å². The number of benzene rings is 1. The largest absolute Gasteiger partial charge is 0.591 e. The van der Waals surface area contributed by atoms with E-state index in [1.54, 1.807) is 12.0 Å². The molecule has 1 heterocycles. The molecule has 0 aromatic heterocycles. The summed E-state index contributed by atoms with van der Waals surface area (Å²) >= 11 is -1.35. The minimum Gasteiger partial charge on any atom is -0.591 e. The molecule has 3 rings (SSSR count). The molecule has 30 heavy (non-hydrogen) atoms. The fourth-order valence-corrected chi connectivity index (χ4v) is 4.76. The molecule has 1 amide bonds. The van der Waals surface area contributed by atoms with E-state index in [1.807, 2.05) is 53.7 Å². The highest BCUT2D eigenvalue weighted by Crippen LogP contribution is 2.46. The van der Waals surface area contributed by atoms with Gasteiger partial charge in [-0.15, -0.1) is 0 Å². The fourth-order valence-electron chi connectivity index (χ4n) is 4.03. The first kappa shape index (κ1) is 22.9. The lowest BCUT2D eigenvalue weighted by molar-refractivity contribution is 0.0159. The zero-order chi connectivity index (χ0) is 22.3. The minimum atomic E-state index is -1.35. The van der Waals surface area contributed by atoms with Gasteiger partial charge in [0.2, 0.25) is 0 Å². The van der Waals surface area contributed by atoms with E-state index in [2.05, 4.69) is 6.07 Å². The Hall–Kier alpha value is -1.73. The highest BCUT2D eigenvalue weighted by atomic mass is 32.2. The zero-order valence-corrected chi connectivity index (χ0v) is 20.0. The molecule has 166 valence electrons. The van der Waals surface area contributed by atoms with Gasteiger partial charge in [-0.1, -0.05) is 4.40 Å². The Morgan fingerprint density at radius 2 is 1.80 bits per heavy atom. The molecule has 7 heteroatoms. The predicted molar refractivity (Wildman–Crippen MR) is 121 cm³/mol. The summed E-state index contributed by atoms with van der Waals surface area (Å²) in [5.41, 5.74) is 2.41. The Balaban J connectivity index is 1.89. The average molecular weight is 435 g/mol. The van der Waals surface area contributed by atoms with Gasteiger partial charge in [-0.3, -0.25) is 0 Å². The van der Waals surface area contributed by atoms with Gasteiger partial charge in [-0.25, -0.2) is 4.79 Å². The number of fused-ring (bicyclic) bond motifs is 1. The summed E-state index contributed by atoms with van der Waals surface area (Å²) < 4.78 is 28.2. The lowest BCUT2D eigenvalue weighted by Gasteiger charge is -2.39. The SMILES string of the molecule is COc1ccc2c(c1)CC1(CCN(C(=O)OC(C)(C)C)CC1)C2=N[S+]([O-])C(C)(C)C. The topological polar surface area (TPSA) is 74.2 Å². The van der Waals surface area contributed by atoms with Gasteiger partial charge in [0.15, 0.2) is 0 Å². The van der Waals surface area contributed by atoms with Gasteiger partial charge in [-0.05, 0) is 84.6 Å². The van der Waals surface area contributed by atoms with Gasteiger partial charge in [-0.2, -0.15) is 0 Å². The first-order valence-corrected chi connectivity index (χ1v) is 11.6. The van der Waals surface area contributed by atoms with E-state index in [1.165, 1.54) is 5.56 Å². The maximum absolute atomic E-state index is 12.9. The van der Waals surface area contributed by atoms with E-state index in [0.717, 1.165) is 36.3 Å². The van der Waals surface area contributed by atoms with Crippen molar-refractivity contribution in [1.29, 1.82) is 0 Å². The summed E-state index contributed by atoms with van der Waals surface area (Å²) in [4.78, 5) is 14.3. The van der Waals surface area contributed by atoms with Gasteiger partial charge >= 0.3 is 6.09 Å². The van der Waals surface area contributed by atoms with E-state index in [0.29, 0.717) is 13.1 Å². The Morgan fingerprint density at radius 1 is 1.17 bits per heavy atom. The van der Waals surface area contributed by atoms with Crippen LogP contribution < -0.4 is 4.74 Å². The molecule has 1 unspecified atom stereocenters. The fraction of sp³-hybridized carbons (Fsp3) is 0.652. The zero-order valence-electron chi connectivity index (χ0n) is 19.2. The van der Waals surface area contributed by atoms with Crippen LogP contribution in [0.3, 0.4) is 0 Å². The highest BCUT2D eigenvalue weighted by Gasteiger charge is 2.48. The lowest BCUT2D eigenvalue weighted by atomic mass is 9.74. The molecule has 0 bridgehead atoms. The normalized spacial score (nSPS) is 20.9. The van der Waals surface area contributed by atoms with E-state index in [-0.39, 0.29) is 11.5 Å². The molecule has 0 saturated carbocycles. The van der Waals surface area contributed by atoms with Crippen molar-refractivity contribution in [2.45, 2.75) is 71.2 Å². The number of hydrogen-bond acceptors (Lipinski definition) is 5. The van der Waals surface area contributed by atoms with Crippen LogP contribution in [0.2, 0.25) is 0 Å². The van der Waals surface area contributed by atoms with Crippen molar-refractivity contribution in [2.75, 3.05) is 20.2 Å². The molecule has 1 atom stereocenters. The number of carbonyl (C=O) groups excluding carboxylic acids is 1. The summed E-state index contributed by atoms with van der Waals surface area (Å²) in [5.74, 6) is 0.813. The summed E-state index contributed by atoms with van der Waals surface area (Å²) in [6.45, 7) is 12.7. The lowest BCUT2D eigenvalue weighted by Crippen LogP contribution is -2.47. The molecule has 1 aromatic carbocycles. The predicted octanol–water partition coefficient (Wildman–Crippen LogP) is 4.52. The van der Waals surface area contributed by atoms with Crippen LogP contribution in [0.15, 0.2) is 22.6 Å². The second-order valence-electron chi connectivity index (χ2n) is 10.2. The number of ether oxygens (including phenoxy) is 2. The van der Waals surface area contributed by atoms with Crippen molar-refractivity contribution in [1.82, 2.24) is 4.90 Å². The molecule has 2 aliphatic rings. The molecule has 0 radical (unpaired) electrons. The Kier molecular flexibility index (Phi) is 6.18. The van der Waals surface area contributed by atoms with Crippen LogP contribution in [0.25, 0.3) is 0 Å². The molecule has 1 aliphatic heterocycles. The smallest absolute Gasteiger partial charge is 0.410 e. The molecule has 1 fully saturated rings. The first-order valence-electron chi connectivity index (χ1n) is 10.5. The Morgan fingerprint density at radius 3 is 2.33 bits per heavy atom. The number of methoxy groups -OCH3 is 1. The van der Waals surface area contributed by atoms with Crippen LogP contribution >= 0.6 is 0 Å². The average Bonchev–Trinajstić information content (AvgIpc) is 2.92. The van der Waals surface area contributed by atoms with E-state index in [9.17, 15) is 9.35 Å². The highest BCUT2D eigenvalue weighted by molar-refractivity contribution is 7.91. The van der Waals surface area contributed by atoms with Crippen molar-refractivity contribution in [3.8, 4) is 5.75 Å². The number of likely N-dealkylation sites (tertiary alicyclic amines) is 1. The third kappa shape index (κ3) is 4.78. The summed E-state index contributed by atoms with van der Waals surface area (Å²) in [6, 6.07) is 6.02. The molecule has 1 saturated heterocycles. The van der Waals surface area contributed by atoms with Crippen molar-refractivity contribution < 1.29 is 18.8 Å². The molecule has 1 aromatic rings. The summed E-state index contributed by atoms with van der Waals surface area (Å²) in [6.07, 6.45) is 2.08. The number of rotatable bonds is 2. The molecular weight excluding hydrogens is 400 g/mol. The van der Waals surface area contributed by atoms with Crippen molar-refractivity contribution in [3.63, 3.8) is 0 Å². The summed E-state index contributed by atoms with van der Waals surface area (Å²) in [7, 11) is 1.66. The second kappa shape index (κ2) is 8.08. The number of amides is 1. The van der Waals surface area contributed by atoms with E-state index in [4.69, 9.17) is 13.9 Å². The number of carbonyl (C=O) groups is 1. The monoisotopic (exact) mass is 434 g/mol. The number of nitrogens with zero attached hydrogens (tertiary/aromatic N) is 2. The number of piperidine rings is 1. The van der Waals surface area contributed by atoms with Crippen LogP contribution in [-0.4, -0.2) is 51.8 Å². The molecule has 6 nitrogen and oxygen atoms in total. The minimum absolute atomic E-state index is 0.214. The van der Waals surface area contributed by atoms with Crippen molar-refractivity contribution in [2.24, 2.45) is 9.81 Å². The van der Waals surface area contributed by atoms with Gasteiger partial charge in [0.25, 0.3) is 0 Å². The maximum Gasteiger partial charge on any atom is 0.410 e. The van der Waals surface area contributed by atoms with Gasteiger partial charge in [0.1, 0.15) is 33.2 Å². The number of hydrogen-bond donors (Lipinski definition) is 0.